The third kappa shape index (κ3) is 5.19. The first kappa shape index (κ1) is 15.8. The number of carbonyl (C=O) groups is 2. The van der Waals surface area contributed by atoms with Gasteiger partial charge in [-0.1, -0.05) is 5.21 Å². The number of ether oxygens (including phenoxy) is 1. The van der Waals surface area contributed by atoms with Crippen molar-refractivity contribution in [1.29, 1.82) is 0 Å². The topological polar surface area (TPSA) is 153 Å². The SMILES string of the molecule is CCOC(=O)NS(=O)(=O)NCCn1cc(C(=O)O)nn1. The van der Waals surface area contributed by atoms with Crippen molar-refractivity contribution in [1.82, 2.24) is 24.4 Å². The third-order valence-corrected chi connectivity index (χ3v) is 2.90. The van der Waals surface area contributed by atoms with Crippen LogP contribution in [-0.4, -0.2) is 53.7 Å². The number of amides is 1. The van der Waals surface area contributed by atoms with Crippen LogP contribution in [0.5, 0.6) is 0 Å². The highest BCUT2D eigenvalue weighted by Gasteiger charge is 2.14. The van der Waals surface area contributed by atoms with Crippen molar-refractivity contribution in [2.45, 2.75) is 13.5 Å². The molecule has 1 heterocycles. The second kappa shape index (κ2) is 6.81. The molecule has 0 aliphatic rings. The van der Waals surface area contributed by atoms with Crippen molar-refractivity contribution in [3.63, 3.8) is 0 Å². The number of aromatic carboxylic acids is 1. The summed E-state index contributed by atoms with van der Waals surface area (Å²) in [6.07, 6.45) is 0.0593. The Bertz CT molecular complexity index is 582. The van der Waals surface area contributed by atoms with E-state index in [0.717, 1.165) is 10.9 Å². The molecule has 0 bridgehead atoms. The van der Waals surface area contributed by atoms with Crippen LogP contribution in [0.2, 0.25) is 0 Å². The van der Waals surface area contributed by atoms with E-state index in [-0.39, 0.29) is 25.4 Å². The van der Waals surface area contributed by atoms with Crippen LogP contribution in [-0.2, 0) is 21.5 Å². The fourth-order valence-electron chi connectivity index (χ4n) is 1.11. The molecule has 0 unspecified atom stereocenters. The first-order valence-corrected chi connectivity index (χ1v) is 6.90. The highest BCUT2D eigenvalue weighted by atomic mass is 32.2. The van der Waals surface area contributed by atoms with Crippen LogP contribution in [0, 0.1) is 0 Å². The molecule has 0 saturated carbocycles. The van der Waals surface area contributed by atoms with Crippen molar-refractivity contribution < 1.29 is 27.9 Å². The zero-order chi connectivity index (χ0) is 15.2. The molecule has 1 aromatic rings. The van der Waals surface area contributed by atoms with Crippen molar-refractivity contribution >= 4 is 22.3 Å². The average molecular weight is 307 g/mol. The van der Waals surface area contributed by atoms with Gasteiger partial charge in [-0.15, -0.1) is 5.10 Å². The Morgan fingerprint density at radius 1 is 1.50 bits per heavy atom. The first-order chi connectivity index (χ1) is 9.34. The van der Waals surface area contributed by atoms with Crippen LogP contribution in [0.25, 0.3) is 0 Å². The zero-order valence-electron chi connectivity index (χ0n) is 10.4. The molecule has 1 amide bonds. The van der Waals surface area contributed by atoms with Gasteiger partial charge in [0, 0.05) is 6.54 Å². The summed E-state index contributed by atoms with van der Waals surface area (Å²) in [6.45, 7) is 1.50. The first-order valence-electron chi connectivity index (χ1n) is 5.41. The van der Waals surface area contributed by atoms with Gasteiger partial charge < -0.3 is 9.84 Å². The Labute approximate surface area is 114 Å². The van der Waals surface area contributed by atoms with Crippen LogP contribution in [0.1, 0.15) is 17.4 Å². The molecule has 0 aromatic carbocycles. The highest BCUT2D eigenvalue weighted by molar-refractivity contribution is 7.88. The van der Waals surface area contributed by atoms with Crippen LogP contribution >= 0.6 is 0 Å². The largest absolute Gasteiger partial charge is 0.476 e. The molecule has 3 N–H and O–H groups in total. The summed E-state index contributed by atoms with van der Waals surface area (Å²) < 4.78 is 32.0. The van der Waals surface area contributed by atoms with Gasteiger partial charge in [-0.2, -0.15) is 13.1 Å². The Hall–Kier alpha value is -2.21. The van der Waals surface area contributed by atoms with E-state index >= 15 is 0 Å². The van der Waals surface area contributed by atoms with E-state index in [4.69, 9.17) is 5.11 Å². The lowest BCUT2D eigenvalue weighted by Crippen LogP contribution is -2.41. The van der Waals surface area contributed by atoms with E-state index in [1.165, 1.54) is 6.92 Å². The maximum atomic E-state index is 11.4. The molecule has 0 fully saturated rings. The van der Waals surface area contributed by atoms with Crippen LogP contribution in [0.4, 0.5) is 4.79 Å². The van der Waals surface area contributed by atoms with Gasteiger partial charge in [0.2, 0.25) is 0 Å². The molecule has 1 aromatic heterocycles. The summed E-state index contributed by atoms with van der Waals surface area (Å²) >= 11 is 0. The number of aromatic nitrogens is 3. The van der Waals surface area contributed by atoms with Gasteiger partial charge in [-0.3, -0.25) is 4.68 Å². The summed E-state index contributed by atoms with van der Waals surface area (Å²) in [5.41, 5.74) is -0.252. The lowest BCUT2D eigenvalue weighted by atomic mass is 10.5. The maximum absolute atomic E-state index is 11.4. The molecular weight excluding hydrogens is 294 g/mol. The van der Waals surface area contributed by atoms with Gasteiger partial charge in [0.05, 0.1) is 19.3 Å². The molecule has 0 saturated heterocycles. The molecule has 0 aliphatic carbocycles. The number of carboxylic acids is 1. The van der Waals surface area contributed by atoms with Crippen LogP contribution in [0.3, 0.4) is 0 Å². The second-order valence-electron chi connectivity index (χ2n) is 3.39. The third-order valence-electron chi connectivity index (χ3n) is 1.88. The minimum Gasteiger partial charge on any atom is -0.476 e. The Balaban J connectivity index is 2.42. The Morgan fingerprint density at radius 3 is 2.75 bits per heavy atom. The minimum atomic E-state index is -4.04. The molecule has 112 valence electrons. The maximum Gasteiger partial charge on any atom is 0.421 e. The number of carbonyl (C=O) groups excluding carboxylic acids is 1. The molecule has 0 aliphatic heterocycles. The smallest absolute Gasteiger partial charge is 0.421 e. The van der Waals surface area contributed by atoms with E-state index in [2.05, 4.69) is 19.8 Å². The number of hydrogen-bond donors (Lipinski definition) is 3. The monoisotopic (exact) mass is 307 g/mol. The normalized spacial score (nSPS) is 11.1. The molecule has 0 spiro atoms. The second-order valence-corrected chi connectivity index (χ2v) is 4.89. The van der Waals surface area contributed by atoms with Gasteiger partial charge in [0.1, 0.15) is 0 Å². The summed E-state index contributed by atoms with van der Waals surface area (Å²) in [6, 6.07) is 0. The van der Waals surface area contributed by atoms with Crippen molar-refractivity contribution in [3.05, 3.63) is 11.9 Å². The minimum absolute atomic E-state index is 0.0400. The standard InChI is InChI=1S/C8H13N5O6S/c1-2-19-8(16)11-20(17,18)9-3-4-13-5-6(7(14)15)10-12-13/h5,9H,2-4H2,1H3,(H,11,16)(H,14,15). The summed E-state index contributed by atoms with van der Waals surface area (Å²) in [4.78, 5) is 21.5. The number of carboxylic acid groups (broad SMARTS) is 1. The average Bonchev–Trinajstić information content (AvgIpc) is 2.77. The predicted octanol–water partition coefficient (Wildman–Crippen LogP) is -1.44. The fourth-order valence-corrected chi connectivity index (χ4v) is 1.82. The van der Waals surface area contributed by atoms with E-state index in [1.54, 1.807) is 4.72 Å². The lowest BCUT2D eigenvalue weighted by molar-refractivity contribution is 0.0690. The molecule has 20 heavy (non-hydrogen) atoms. The number of rotatable bonds is 7. The van der Waals surface area contributed by atoms with Gasteiger partial charge in [-0.05, 0) is 6.92 Å². The van der Waals surface area contributed by atoms with E-state index in [1.807, 2.05) is 0 Å². The number of hydrogen-bond acceptors (Lipinski definition) is 7. The van der Waals surface area contributed by atoms with Crippen molar-refractivity contribution in [2.75, 3.05) is 13.2 Å². The van der Waals surface area contributed by atoms with Gasteiger partial charge in [0.25, 0.3) is 0 Å². The van der Waals surface area contributed by atoms with Gasteiger partial charge in [-0.25, -0.2) is 14.3 Å². The molecule has 12 heteroatoms. The van der Waals surface area contributed by atoms with E-state index in [0.29, 0.717) is 0 Å². The van der Waals surface area contributed by atoms with Crippen LogP contribution in [0.15, 0.2) is 6.20 Å². The Morgan fingerprint density at radius 2 is 2.20 bits per heavy atom. The number of nitrogens with one attached hydrogen (secondary N) is 2. The molecule has 0 radical (unpaired) electrons. The lowest BCUT2D eigenvalue weighted by Gasteiger charge is -2.07. The van der Waals surface area contributed by atoms with E-state index < -0.39 is 22.3 Å². The van der Waals surface area contributed by atoms with Gasteiger partial charge >= 0.3 is 22.3 Å². The summed E-state index contributed by atoms with van der Waals surface area (Å²) in [5.74, 6) is -1.24. The number of nitrogens with zero attached hydrogens (tertiary/aromatic N) is 3. The Kier molecular flexibility index (Phi) is 5.40. The van der Waals surface area contributed by atoms with Crippen LogP contribution < -0.4 is 9.44 Å². The summed E-state index contributed by atoms with van der Waals surface area (Å²) in [5, 5.41) is 15.5. The fraction of sp³-hybridized carbons (Fsp3) is 0.500. The molecule has 1 rings (SSSR count). The summed E-state index contributed by atoms with van der Waals surface area (Å²) in [7, 11) is -4.04. The van der Waals surface area contributed by atoms with Crippen molar-refractivity contribution in [3.8, 4) is 0 Å². The van der Waals surface area contributed by atoms with Crippen molar-refractivity contribution in [2.24, 2.45) is 0 Å². The highest BCUT2D eigenvalue weighted by Crippen LogP contribution is 1.92. The molecular formula is C8H13N5O6S. The molecule has 11 nitrogen and oxygen atoms in total. The zero-order valence-corrected chi connectivity index (χ0v) is 11.3. The predicted molar refractivity (Wildman–Crippen MR) is 64.1 cm³/mol. The quantitative estimate of drug-likeness (QED) is 0.553. The van der Waals surface area contributed by atoms with E-state index in [9.17, 15) is 18.0 Å². The molecule has 0 atom stereocenters. The van der Waals surface area contributed by atoms with Gasteiger partial charge in [0.15, 0.2) is 5.69 Å².